The Balaban J connectivity index is 1.39. The molecule has 12 rings (SSSR count). The molecule has 0 spiro atoms. The average molecular weight is 1280 g/mol. The molecule has 0 aliphatic carbocycles. The van der Waals surface area contributed by atoms with Gasteiger partial charge in [0, 0.05) is 0 Å². The van der Waals surface area contributed by atoms with Gasteiger partial charge in [0.25, 0.3) is 0 Å². The van der Waals surface area contributed by atoms with Gasteiger partial charge >= 0.3 is 550 Å². The minimum absolute atomic E-state index is 0.279. The van der Waals surface area contributed by atoms with Crippen molar-refractivity contribution in [3.05, 3.63) is 376 Å². The van der Waals surface area contributed by atoms with Crippen molar-refractivity contribution in [2.24, 2.45) is 0 Å². The first-order valence-corrected chi connectivity index (χ1v) is 40.4. The summed E-state index contributed by atoms with van der Waals surface area (Å²) in [5.41, 5.74) is 12.7. The molecule has 0 amide bonds. The van der Waals surface area contributed by atoms with Crippen LogP contribution in [0, 0.1) is 62.3 Å². The molecular formula is C84H84O4P4. The van der Waals surface area contributed by atoms with Gasteiger partial charge in [0.1, 0.15) is 0 Å². The van der Waals surface area contributed by atoms with Crippen molar-refractivity contribution in [1.82, 2.24) is 0 Å². The molecule has 12 aromatic rings. The Kier molecular flexibility index (Phi) is 17.8. The van der Waals surface area contributed by atoms with Crippen LogP contribution < -0.4 is 47.7 Å². The molecule has 0 heterocycles. The van der Waals surface area contributed by atoms with Crippen molar-refractivity contribution in [2.75, 3.05) is 0 Å². The molecule has 0 saturated heterocycles. The molecule has 0 unspecified atom stereocenters. The van der Waals surface area contributed by atoms with Gasteiger partial charge in [-0.1, -0.05) is 0 Å². The van der Waals surface area contributed by atoms with Crippen LogP contribution in [0.25, 0.3) is 0 Å². The van der Waals surface area contributed by atoms with Gasteiger partial charge in [0.05, 0.1) is 0 Å². The second kappa shape index (κ2) is 25.5. The Bertz CT molecular complexity index is 3730. The van der Waals surface area contributed by atoms with E-state index in [2.05, 4.69) is 372 Å². The van der Waals surface area contributed by atoms with Crippen LogP contribution >= 0.6 is 28.3 Å². The third-order valence-corrected chi connectivity index (χ3v) is 41.2. The number of rotatable bonds is 21. The maximum absolute atomic E-state index is 20.8. The van der Waals surface area contributed by atoms with Crippen LogP contribution in [0.3, 0.4) is 0 Å². The fourth-order valence-electron chi connectivity index (χ4n) is 13.9. The molecule has 0 N–H and O–H groups in total. The molecule has 0 aromatic heterocycles. The standard InChI is InChI=1S/C84H84O4P4/c1-64-25-43-76(44-26-64)90(61-73-19-13-10-14-20-73,77-45-27-65(2)28-46-77,78-47-29-66(3)30-48-78)86-89(85,87-91(62-74-21-15-11-16-22-74,79-49-31-67(4)32-50-79,80-51-33-68(5)34-52-80)81-53-35-69(6)36-54-81)88-92(63-75-23-17-12-18-24-75,82-55-37-70(7)38-56-82,83-57-39-71(8)40-58-83)84-59-41-72(9)42-60-84/h10-60H,61-63H2,1-9H3. The van der Waals surface area contributed by atoms with Gasteiger partial charge in [-0.05, 0) is 0 Å². The summed E-state index contributed by atoms with van der Waals surface area (Å²) in [6, 6.07) is 111. The van der Waals surface area contributed by atoms with Crippen molar-refractivity contribution in [3.8, 4) is 0 Å². The van der Waals surface area contributed by atoms with Gasteiger partial charge in [-0.15, -0.1) is 0 Å². The monoisotopic (exact) mass is 1280 g/mol. The van der Waals surface area contributed by atoms with Crippen LogP contribution in [0.5, 0.6) is 0 Å². The van der Waals surface area contributed by atoms with E-state index in [1.807, 2.05) is 0 Å². The Morgan fingerprint density at radius 3 is 0.467 bits per heavy atom. The van der Waals surface area contributed by atoms with E-state index < -0.39 is 28.3 Å². The number of benzene rings is 12. The first-order chi connectivity index (χ1) is 44.3. The average Bonchev–Trinajstić information content (AvgIpc) is 0.668. The molecule has 0 aliphatic heterocycles. The minimum atomic E-state index is -5.61. The van der Waals surface area contributed by atoms with E-state index in [4.69, 9.17) is 0 Å². The summed E-state index contributed by atoms with van der Waals surface area (Å²) in [5.74, 6) is 0. The van der Waals surface area contributed by atoms with Crippen molar-refractivity contribution in [3.63, 3.8) is 0 Å². The van der Waals surface area contributed by atoms with Gasteiger partial charge in [0.15, 0.2) is 0 Å². The molecular weight excluding hydrogens is 1200 g/mol. The van der Waals surface area contributed by atoms with E-state index in [0.717, 1.165) is 115 Å². The fourth-order valence-corrected chi connectivity index (χ4v) is 38.5. The Labute approximate surface area is 547 Å². The van der Waals surface area contributed by atoms with E-state index in [1.54, 1.807) is 0 Å². The van der Waals surface area contributed by atoms with E-state index in [9.17, 15) is 12.9 Å². The third kappa shape index (κ3) is 11.4. The van der Waals surface area contributed by atoms with Gasteiger partial charge in [0.2, 0.25) is 0 Å². The van der Waals surface area contributed by atoms with Gasteiger partial charge in [-0.25, -0.2) is 0 Å². The maximum atomic E-state index is 20.8. The molecule has 12 aromatic carbocycles. The zero-order chi connectivity index (χ0) is 64.3. The first-order valence-electron chi connectivity index (χ1n) is 31.9. The summed E-state index contributed by atoms with van der Waals surface area (Å²) >= 11 is 0. The number of hydrogen-bond donors (Lipinski definition) is 0. The van der Waals surface area contributed by atoms with Crippen LogP contribution in [-0.4, -0.2) is 0 Å². The summed E-state index contributed by atoms with van der Waals surface area (Å²) in [4.78, 5) is 0. The third-order valence-electron chi connectivity index (χ3n) is 19.0. The summed E-state index contributed by atoms with van der Waals surface area (Å²) in [6.45, 7) is 3.89. The van der Waals surface area contributed by atoms with E-state index in [0.29, 0.717) is 0 Å². The van der Waals surface area contributed by atoms with Crippen LogP contribution in [0.1, 0.15) is 66.8 Å². The molecule has 0 fully saturated rings. The molecule has 0 bridgehead atoms. The van der Waals surface area contributed by atoms with Crippen molar-refractivity contribution in [2.45, 2.75) is 80.8 Å². The number of hydrogen-bond acceptors (Lipinski definition) is 4. The van der Waals surface area contributed by atoms with Crippen molar-refractivity contribution < 1.29 is 17.5 Å². The van der Waals surface area contributed by atoms with E-state index >= 15 is 4.57 Å². The molecule has 92 heavy (non-hydrogen) atoms. The molecule has 0 radical (unpaired) electrons. The number of aryl methyl sites for hydroxylation is 9. The Hall–Kier alpha value is -7.96. The summed E-state index contributed by atoms with van der Waals surface area (Å²) in [6.07, 6.45) is 0.836. The molecule has 4 nitrogen and oxygen atoms in total. The number of phosphoric acid groups is 1. The second-order valence-electron chi connectivity index (χ2n) is 25.8. The molecule has 464 valence electrons. The normalized spacial score (nSPS) is 13.9. The van der Waals surface area contributed by atoms with Crippen LogP contribution in [0.15, 0.2) is 309 Å². The van der Waals surface area contributed by atoms with E-state index in [-0.39, 0.29) is 18.5 Å². The predicted octanol–water partition coefficient (Wildman–Crippen LogP) is 18.9. The first kappa shape index (κ1) is 64.2. The SMILES string of the molecule is Cc1ccc(P(Cc2ccccc2)(OP(=O)(OP(Cc2ccccc2)(c2ccc(C)cc2)(c2ccc(C)cc2)c2ccc(C)cc2)OP(Cc2ccccc2)(c2ccc(C)cc2)(c2ccc(C)cc2)c2ccc(C)cc2)(c2ccc(C)cc2)c2ccc(C)cc2)cc1. The van der Waals surface area contributed by atoms with Crippen LogP contribution in [0.2, 0.25) is 0 Å². The Morgan fingerprint density at radius 1 is 0.207 bits per heavy atom. The summed E-state index contributed by atoms with van der Waals surface area (Å²) < 4.78 is 48.8. The van der Waals surface area contributed by atoms with Crippen molar-refractivity contribution in [1.29, 1.82) is 0 Å². The summed E-state index contributed by atoms with van der Waals surface area (Å²) in [7, 11) is -5.61. The fraction of sp³-hybridized carbons (Fsp3) is 0.143. The topological polar surface area (TPSA) is 44.8 Å². The van der Waals surface area contributed by atoms with Gasteiger partial charge in [-0.2, -0.15) is 0 Å². The zero-order valence-corrected chi connectivity index (χ0v) is 58.1. The zero-order valence-electron chi connectivity index (χ0n) is 54.5. The predicted molar refractivity (Wildman–Crippen MR) is 399 cm³/mol. The van der Waals surface area contributed by atoms with Crippen molar-refractivity contribution >= 4 is 76.1 Å². The van der Waals surface area contributed by atoms with Gasteiger partial charge < -0.3 is 0 Å². The van der Waals surface area contributed by atoms with Crippen LogP contribution in [-0.2, 0) is 36.0 Å². The quantitative estimate of drug-likeness (QED) is 0.0673. The molecule has 8 heteroatoms. The summed E-state index contributed by atoms with van der Waals surface area (Å²) in [5, 5.41) is 7.87. The molecule has 0 aliphatic rings. The van der Waals surface area contributed by atoms with Gasteiger partial charge in [-0.3, -0.25) is 0 Å². The molecule has 0 atom stereocenters. The van der Waals surface area contributed by atoms with E-state index in [1.165, 1.54) is 0 Å². The Morgan fingerprint density at radius 2 is 0.337 bits per heavy atom. The second-order valence-corrected chi connectivity index (χ2v) is 41.5. The van der Waals surface area contributed by atoms with Crippen LogP contribution in [0.4, 0.5) is 0 Å². The molecule has 0 saturated carbocycles.